The van der Waals surface area contributed by atoms with Crippen molar-refractivity contribution in [2.45, 2.75) is 6.92 Å². The van der Waals surface area contributed by atoms with Gasteiger partial charge in [0, 0.05) is 12.3 Å². The van der Waals surface area contributed by atoms with E-state index in [0.717, 1.165) is 5.56 Å². The molecule has 1 aromatic carbocycles. The van der Waals surface area contributed by atoms with Gasteiger partial charge in [0.15, 0.2) is 0 Å². The van der Waals surface area contributed by atoms with Crippen molar-refractivity contribution in [3.63, 3.8) is 0 Å². The minimum absolute atomic E-state index is 0.0286. The van der Waals surface area contributed by atoms with E-state index in [1.54, 1.807) is 12.1 Å². The van der Waals surface area contributed by atoms with Gasteiger partial charge in [0.05, 0.1) is 5.69 Å². The average Bonchev–Trinajstić information content (AvgIpc) is 2.70. The topological polar surface area (TPSA) is 49.4 Å². The Morgan fingerprint density at radius 1 is 1.56 bits per heavy atom. The normalized spacial score (nSPS) is 15.0. The van der Waals surface area contributed by atoms with Crippen LogP contribution in [0.15, 0.2) is 18.2 Å². The van der Waals surface area contributed by atoms with E-state index in [2.05, 4.69) is 5.32 Å². The number of aryl methyl sites for hydroxylation is 1. The minimum Gasteiger partial charge on any atom is -0.323 e. The number of carbonyl (C=O) groups is 2. The molecule has 1 aliphatic rings. The molecule has 2 rings (SSSR count). The lowest BCUT2D eigenvalue weighted by Gasteiger charge is -2.14. The Kier molecular flexibility index (Phi) is 3.86. The van der Waals surface area contributed by atoms with Crippen molar-refractivity contribution in [1.82, 2.24) is 4.90 Å². The predicted octanol–water partition coefficient (Wildman–Crippen LogP) is 2.24. The van der Waals surface area contributed by atoms with Crippen molar-refractivity contribution in [3.05, 3.63) is 29.6 Å². The Hall–Kier alpha value is -1.56. The van der Waals surface area contributed by atoms with E-state index in [4.69, 9.17) is 0 Å². The van der Waals surface area contributed by atoms with Crippen LogP contribution in [0.2, 0.25) is 0 Å². The minimum atomic E-state index is -0.476. The van der Waals surface area contributed by atoms with Crippen molar-refractivity contribution >= 4 is 28.6 Å². The van der Waals surface area contributed by atoms with Crippen molar-refractivity contribution in [2.24, 2.45) is 0 Å². The van der Waals surface area contributed by atoms with Crippen molar-refractivity contribution in [1.29, 1.82) is 0 Å². The van der Waals surface area contributed by atoms with Gasteiger partial charge in [-0.25, -0.2) is 4.39 Å². The predicted molar refractivity (Wildman–Crippen MR) is 69.2 cm³/mol. The number of anilines is 1. The summed E-state index contributed by atoms with van der Waals surface area (Å²) in [5.74, 6) is -0.156. The number of rotatable bonds is 3. The zero-order valence-electron chi connectivity index (χ0n) is 9.90. The number of nitrogens with one attached hydrogen (secondary N) is 1. The molecule has 0 aromatic heterocycles. The second kappa shape index (κ2) is 5.39. The number of thioether (sulfide) groups is 1. The fourth-order valence-electron chi connectivity index (χ4n) is 1.67. The van der Waals surface area contributed by atoms with E-state index in [1.165, 1.54) is 22.7 Å². The van der Waals surface area contributed by atoms with Gasteiger partial charge in [-0.1, -0.05) is 17.8 Å². The molecule has 4 nitrogen and oxygen atoms in total. The molecule has 1 N–H and O–H groups in total. The number of carbonyl (C=O) groups excluding carboxylic acids is 2. The van der Waals surface area contributed by atoms with Crippen LogP contribution in [-0.2, 0) is 4.79 Å². The van der Waals surface area contributed by atoms with Gasteiger partial charge in [0.25, 0.3) is 5.24 Å². The first kappa shape index (κ1) is 12.9. The summed E-state index contributed by atoms with van der Waals surface area (Å²) in [7, 11) is 0. The maximum absolute atomic E-state index is 13.4. The highest BCUT2D eigenvalue weighted by atomic mass is 32.2. The summed E-state index contributed by atoms with van der Waals surface area (Å²) < 4.78 is 13.4. The Morgan fingerprint density at radius 2 is 2.33 bits per heavy atom. The van der Waals surface area contributed by atoms with Gasteiger partial charge in [0.2, 0.25) is 5.91 Å². The third-order valence-electron chi connectivity index (χ3n) is 2.58. The second-order valence-corrected chi connectivity index (χ2v) is 5.11. The molecule has 2 amide bonds. The van der Waals surface area contributed by atoms with Crippen LogP contribution < -0.4 is 5.32 Å². The number of hydrogen-bond acceptors (Lipinski definition) is 3. The summed E-state index contributed by atoms with van der Waals surface area (Å²) in [6, 6.07) is 4.50. The fourth-order valence-corrected chi connectivity index (χ4v) is 2.49. The van der Waals surface area contributed by atoms with Crippen LogP contribution in [0.4, 0.5) is 14.9 Å². The SMILES string of the molecule is Cc1ccc(F)c(NC(=O)CN2CCSC2=O)c1. The zero-order valence-corrected chi connectivity index (χ0v) is 10.7. The summed E-state index contributed by atoms with van der Waals surface area (Å²) in [6.45, 7) is 2.35. The lowest BCUT2D eigenvalue weighted by Crippen LogP contribution is -2.33. The number of benzene rings is 1. The molecule has 1 aliphatic heterocycles. The third kappa shape index (κ3) is 3.01. The van der Waals surface area contributed by atoms with Gasteiger partial charge in [-0.05, 0) is 24.6 Å². The summed E-state index contributed by atoms with van der Waals surface area (Å²) in [4.78, 5) is 24.5. The van der Waals surface area contributed by atoms with Crippen LogP contribution in [0.5, 0.6) is 0 Å². The van der Waals surface area contributed by atoms with E-state index in [9.17, 15) is 14.0 Å². The van der Waals surface area contributed by atoms with Crippen LogP contribution in [0, 0.1) is 12.7 Å². The van der Waals surface area contributed by atoms with Crippen LogP contribution >= 0.6 is 11.8 Å². The van der Waals surface area contributed by atoms with Crippen molar-refractivity contribution < 1.29 is 14.0 Å². The van der Waals surface area contributed by atoms with Gasteiger partial charge in [-0.15, -0.1) is 0 Å². The summed E-state index contributed by atoms with van der Waals surface area (Å²) in [6.07, 6.45) is 0. The number of amides is 2. The Morgan fingerprint density at radius 3 is 3.00 bits per heavy atom. The summed E-state index contributed by atoms with van der Waals surface area (Å²) in [5.41, 5.74) is 1.01. The number of hydrogen-bond donors (Lipinski definition) is 1. The van der Waals surface area contributed by atoms with Crippen LogP contribution in [0.25, 0.3) is 0 Å². The van der Waals surface area contributed by atoms with Crippen molar-refractivity contribution in [3.8, 4) is 0 Å². The molecular formula is C12H13FN2O2S. The zero-order chi connectivity index (χ0) is 13.1. The smallest absolute Gasteiger partial charge is 0.282 e. The molecule has 0 aliphatic carbocycles. The molecular weight excluding hydrogens is 255 g/mol. The monoisotopic (exact) mass is 268 g/mol. The lowest BCUT2D eigenvalue weighted by atomic mass is 10.2. The van der Waals surface area contributed by atoms with E-state index in [0.29, 0.717) is 12.3 Å². The van der Waals surface area contributed by atoms with E-state index < -0.39 is 5.82 Å². The molecule has 0 unspecified atom stereocenters. The molecule has 1 saturated heterocycles. The van der Waals surface area contributed by atoms with Gasteiger partial charge >= 0.3 is 0 Å². The highest BCUT2D eigenvalue weighted by molar-refractivity contribution is 8.13. The maximum atomic E-state index is 13.4. The largest absolute Gasteiger partial charge is 0.323 e. The Balaban J connectivity index is 1.98. The third-order valence-corrected chi connectivity index (χ3v) is 3.47. The molecule has 6 heteroatoms. The molecule has 1 heterocycles. The van der Waals surface area contributed by atoms with E-state index >= 15 is 0 Å². The number of halogens is 1. The first-order valence-electron chi connectivity index (χ1n) is 5.54. The van der Waals surface area contributed by atoms with Gasteiger partial charge in [0.1, 0.15) is 12.4 Å². The van der Waals surface area contributed by atoms with Gasteiger partial charge < -0.3 is 10.2 Å². The molecule has 18 heavy (non-hydrogen) atoms. The van der Waals surface area contributed by atoms with Crippen LogP contribution in [-0.4, -0.2) is 34.9 Å². The maximum Gasteiger partial charge on any atom is 0.282 e. The number of nitrogens with zero attached hydrogens (tertiary/aromatic N) is 1. The quantitative estimate of drug-likeness (QED) is 0.914. The fraction of sp³-hybridized carbons (Fsp3) is 0.333. The first-order chi connectivity index (χ1) is 8.56. The molecule has 96 valence electrons. The second-order valence-electron chi connectivity index (χ2n) is 4.07. The molecule has 1 aromatic rings. The molecule has 0 radical (unpaired) electrons. The first-order valence-corrected chi connectivity index (χ1v) is 6.52. The highest BCUT2D eigenvalue weighted by Gasteiger charge is 2.23. The van der Waals surface area contributed by atoms with Crippen LogP contribution in [0.1, 0.15) is 5.56 Å². The molecule has 0 bridgehead atoms. The molecule has 1 fully saturated rings. The van der Waals surface area contributed by atoms with Crippen LogP contribution in [0.3, 0.4) is 0 Å². The lowest BCUT2D eigenvalue weighted by molar-refractivity contribution is -0.116. The summed E-state index contributed by atoms with van der Waals surface area (Å²) >= 11 is 1.19. The van der Waals surface area contributed by atoms with E-state index in [-0.39, 0.29) is 23.4 Å². The summed E-state index contributed by atoms with van der Waals surface area (Å²) in [5, 5.41) is 2.38. The van der Waals surface area contributed by atoms with Crippen molar-refractivity contribution in [2.75, 3.05) is 24.2 Å². The van der Waals surface area contributed by atoms with Gasteiger partial charge in [-0.2, -0.15) is 0 Å². The van der Waals surface area contributed by atoms with Gasteiger partial charge in [-0.3, -0.25) is 9.59 Å². The highest BCUT2D eigenvalue weighted by Crippen LogP contribution is 2.18. The molecule has 0 atom stereocenters. The Bertz CT molecular complexity index is 493. The molecule has 0 saturated carbocycles. The van der Waals surface area contributed by atoms with E-state index in [1.807, 2.05) is 6.92 Å². The Labute approximate surface area is 109 Å². The average molecular weight is 268 g/mol. The molecule has 0 spiro atoms. The standard InChI is InChI=1S/C12H13FN2O2S/c1-8-2-3-9(13)10(6-8)14-11(16)7-15-4-5-18-12(15)17/h2-3,6H,4-5,7H2,1H3,(H,14,16).